The van der Waals surface area contributed by atoms with Gasteiger partial charge in [0.1, 0.15) is 17.6 Å². The van der Waals surface area contributed by atoms with Crippen LogP contribution in [0.1, 0.15) is 52.8 Å². The highest BCUT2D eigenvalue weighted by Gasteiger charge is 2.41. The molecule has 2 aromatic heterocycles. The standard InChI is InChI=1S/C38H28N2O3/c1-38(2)31-19-26(40(24-13-5-3-6-14-24)25-15-7-4-8-16-25)22-39-34(31)37-32(38)21-27(43-37)20-30-35(41)28-17-9-11-23-12-10-18-29(33(23)28)36(30)42/h3-22,35,41H,1-2H3/b30-20+. The van der Waals surface area contributed by atoms with Crippen molar-refractivity contribution in [1.82, 2.24) is 4.98 Å². The summed E-state index contributed by atoms with van der Waals surface area (Å²) in [6, 6.07) is 36.1. The van der Waals surface area contributed by atoms with E-state index in [1.807, 2.05) is 85.1 Å². The summed E-state index contributed by atoms with van der Waals surface area (Å²) in [5, 5.41) is 13.1. The van der Waals surface area contributed by atoms with Crippen LogP contribution in [0.4, 0.5) is 17.1 Å². The first-order valence-corrected chi connectivity index (χ1v) is 14.4. The van der Waals surface area contributed by atoms with Gasteiger partial charge in [0, 0.05) is 33.5 Å². The van der Waals surface area contributed by atoms with E-state index in [9.17, 15) is 9.90 Å². The third-order valence-electron chi connectivity index (χ3n) is 8.80. The van der Waals surface area contributed by atoms with Crippen LogP contribution in [0.15, 0.2) is 125 Å². The van der Waals surface area contributed by atoms with E-state index in [-0.39, 0.29) is 11.2 Å². The van der Waals surface area contributed by atoms with Crippen LogP contribution >= 0.6 is 0 Å². The van der Waals surface area contributed by atoms with Crippen LogP contribution in [0.25, 0.3) is 28.3 Å². The Morgan fingerprint density at radius 1 is 0.814 bits per heavy atom. The van der Waals surface area contributed by atoms with Gasteiger partial charge in [-0.25, -0.2) is 0 Å². The highest BCUT2D eigenvalue weighted by molar-refractivity contribution is 6.21. The number of aliphatic hydroxyl groups is 1. The number of para-hydroxylation sites is 2. The molecule has 0 saturated carbocycles. The predicted molar refractivity (Wildman–Crippen MR) is 170 cm³/mol. The number of hydrogen-bond acceptors (Lipinski definition) is 5. The average Bonchev–Trinajstić information content (AvgIpc) is 3.55. The molecule has 1 atom stereocenters. The highest BCUT2D eigenvalue weighted by atomic mass is 16.3. The molecule has 2 aliphatic carbocycles. The fourth-order valence-electron chi connectivity index (χ4n) is 6.63. The van der Waals surface area contributed by atoms with E-state index in [0.29, 0.717) is 22.7 Å². The summed E-state index contributed by atoms with van der Waals surface area (Å²) in [4.78, 5) is 20.7. The average molecular weight is 561 g/mol. The maximum atomic E-state index is 13.6. The van der Waals surface area contributed by atoms with Crippen molar-refractivity contribution < 1.29 is 14.3 Å². The largest absolute Gasteiger partial charge is 0.455 e. The van der Waals surface area contributed by atoms with Crippen LogP contribution in [0.3, 0.4) is 0 Å². The summed E-state index contributed by atoms with van der Waals surface area (Å²) in [6.07, 6.45) is 2.54. The molecule has 5 heteroatoms. The number of furan rings is 1. The van der Waals surface area contributed by atoms with Gasteiger partial charge in [0.25, 0.3) is 0 Å². The van der Waals surface area contributed by atoms with E-state index in [1.54, 1.807) is 6.08 Å². The second-order valence-electron chi connectivity index (χ2n) is 11.7. The molecule has 0 aliphatic heterocycles. The van der Waals surface area contributed by atoms with Crippen molar-refractivity contribution in [2.75, 3.05) is 4.90 Å². The quantitative estimate of drug-likeness (QED) is 0.218. The number of aromatic nitrogens is 1. The van der Waals surface area contributed by atoms with Gasteiger partial charge in [-0.2, -0.15) is 0 Å². The molecule has 6 aromatic rings. The lowest BCUT2D eigenvalue weighted by molar-refractivity contribution is 0.0984. The molecule has 1 unspecified atom stereocenters. The van der Waals surface area contributed by atoms with Gasteiger partial charge in [-0.1, -0.05) is 86.6 Å². The van der Waals surface area contributed by atoms with E-state index in [2.05, 4.69) is 49.1 Å². The van der Waals surface area contributed by atoms with Crippen LogP contribution in [0.5, 0.6) is 0 Å². The summed E-state index contributed by atoms with van der Waals surface area (Å²) in [5.41, 5.74) is 7.18. The maximum absolute atomic E-state index is 13.6. The summed E-state index contributed by atoms with van der Waals surface area (Å²) in [6.45, 7) is 4.34. The van der Waals surface area contributed by atoms with Gasteiger partial charge >= 0.3 is 0 Å². The first-order chi connectivity index (χ1) is 20.9. The Hall–Kier alpha value is -5.26. The molecule has 8 rings (SSSR count). The van der Waals surface area contributed by atoms with Gasteiger partial charge in [0.05, 0.1) is 11.9 Å². The van der Waals surface area contributed by atoms with Gasteiger partial charge in [0.2, 0.25) is 0 Å². The minimum absolute atomic E-state index is 0.183. The summed E-state index contributed by atoms with van der Waals surface area (Å²) >= 11 is 0. The van der Waals surface area contributed by atoms with Crippen LogP contribution in [0.2, 0.25) is 0 Å². The van der Waals surface area contributed by atoms with Crippen molar-refractivity contribution in [2.24, 2.45) is 0 Å². The first kappa shape index (κ1) is 25.5. The fraction of sp³-hybridized carbons (Fsp3) is 0.105. The number of anilines is 3. The number of benzene rings is 4. The Labute approximate surface area is 249 Å². The maximum Gasteiger partial charge on any atom is 0.192 e. The number of carbonyl (C=O) groups is 1. The van der Waals surface area contributed by atoms with Gasteiger partial charge in [-0.05, 0) is 64.4 Å². The molecular formula is C38H28N2O3. The molecule has 0 spiro atoms. The lowest BCUT2D eigenvalue weighted by Crippen LogP contribution is -2.18. The van der Waals surface area contributed by atoms with Gasteiger partial charge < -0.3 is 14.4 Å². The zero-order chi connectivity index (χ0) is 29.3. The molecule has 5 nitrogen and oxygen atoms in total. The molecular weight excluding hydrogens is 532 g/mol. The zero-order valence-electron chi connectivity index (χ0n) is 23.8. The Bertz CT molecular complexity index is 2050. The van der Waals surface area contributed by atoms with Crippen molar-refractivity contribution in [2.45, 2.75) is 25.4 Å². The van der Waals surface area contributed by atoms with Crippen molar-refractivity contribution in [1.29, 1.82) is 0 Å². The third kappa shape index (κ3) is 3.82. The van der Waals surface area contributed by atoms with Crippen LogP contribution in [0, 0.1) is 0 Å². The van der Waals surface area contributed by atoms with Crippen LogP contribution in [-0.2, 0) is 5.41 Å². The number of nitrogens with zero attached hydrogens (tertiary/aromatic N) is 2. The highest BCUT2D eigenvalue weighted by Crippen LogP contribution is 2.51. The van der Waals surface area contributed by atoms with Gasteiger partial charge in [-0.15, -0.1) is 0 Å². The number of ketones is 1. The molecule has 208 valence electrons. The molecule has 0 bridgehead atoms. The molecule has 2 aliphatic rings. The number of carbonyl (C=O) groups excluding carboxylic acids is 1. The van der Waals surface area contributed by atoms with E-state index < -0.39 is 6.10 Å². The summed E-state index contributed by atoms with van der Waals surface area (Å²) in [7, 11) is 0. The fourth-order valence-corrected chi connectivity index (χ4v) is 6.63. The van der Waals surface area contributed by atoms with Crippen molar-refractivity contribution in [3.63, 3.8) is 0 Å². The van der Waals surface area contributed by atoms with E-state index in [1.165, 1.54) is 0 Å². The number of rotatable bonds is 4. The predicted octanol–water partition coefficient (Wildman–Crippen LogP) is 8.92. The Morgan fingerprint density at radius 2 is 1.49 bits per heavy atom. The second-order valence-corrected chi connectivity index (χ2v) is 11.7. The second kappa shape index (κ2) is 9.38. The Balaban J connectivity index is 1.20. The number of Topliss-reactive ketones (excluding diaryl/α,β-unsaturated/α-hetero) is 1. The normalized spacial score (nSPS) is 17.2. The first-order valence-electron chi connectivity index (χ1n) is 14.4. The van der Waals surface area contributed by atoms with Gasteiger partial charge in [-0.3, -0.25) is 9.78 Å². The smallest absolute Gasteiger partial charge is 0.192 e. The van der Waals surface area contributed by atoms with Crippen LogP contribution in [-0.4, -0.2) is 15.9 Å². The van der Waals surface area contributed by atoms with Crippen LogP contribution < -0.4 is 4.90 Å². The monoisotopic (exact) mass is 560 g/mol. The summed E-state index contributed by atoms with van der Waals surface area (Å²) in [5.74, 6) is 1.04. The molecule has 43 heavy (non-hydrogen) atoms. The molecule has 0 radical (unpaired) electrons. The lowest BCUT2D eigenvalue weighted by atomic mass is 9.81. The minimum atomic E-state index is -1.03. The SMILES string of the molecule is CC1(C)c2cc(N(c3ccccc3)c3ccccc3)cnc2-c2oc(/C=C3/C(=O)c4cccc5cccc(c45)C3O)cc21. The lowest BCUT2D eigenvalue weighted by Gasteiger charge is -2.27. The molecule has 0 saturated heterocycles. The third-order valence-corrected chi connectivity index (χ3v) is 8.80. The number of aliphatic hydroxyl groups excluding tert-OH is 1. The van der Waals surface area contributed by atoms with E-state index >= 15 is 0 Å². The molecule has 0 amide bonds. The topological polar surface area (TPSA) is 66.6 Å². The van der Waals surface area contributed by atoms with Gasteiger partial charge in [0.15, 0.2) is 11.5 Å². The molecule has 4 aromatic carbocycles. The summed E-state index contributed by atoms with van der Waals surface area (Å²) < 4.78 is 6.40. The molecule has 1 N–H and O–H groups in total. The van der Waals surface area contributed by atoms with E-state index in [4.69, 9.17) is 9.40 Å². The number of fused-ring (bicyclic) bond motifs is 3. The van der Waals surface area contributed by atoms with Crippen molar-refractivity contribution in [3.8, 4) is 11.5 Å². The van der Waals surface area contributed by atoms with E-state index in [0.717, 1.165) is 50.2 Å². The van der Waals surface area contributed by atoms with Crippen molar-refractivity contribution >= 4 is 39.7 Å². The molecule has 0 fully saturated rings. The molecule has 2 heterocycles. The Morgan fingerprint density at radius 3 is 2.19 bits per heavy atom. The van der Waals surface area contributed by atoms with Crippen molar-refractivity contribution in [3.05, 3.63) is 149 Å². The minimum Gasteiger partial charge on any atom is -0.455 e. The zero-order valence-corrected chi connectivity index (χ0v) is 23.8. The number of hydrogen-bond donors (Lipinski definition) is 1. The number of pyridine rings is 1. The Kier molecular flexibility index (Phi) is 5.55.